The molecule has 4 heteroatoms. The summed E-state index contributed by atoms with van der Waals surface area (Å²) >= 11 is 0. The number of carbonyl (C=O) groups excluding carboxylic acids is 1. The first-order valence-electron chi connectivity index (χ1n) is 5.70. The highest BCUT2D eigenvalue weighted by Gasteiger charge is 2.17. The number of hydrogen-bond donors (Lipinski definition) is 2. The summed E-state index contributed by atoms with van der Waals surface area (Å²) in [5.74, 6) is -0.0145. The molecule has 0 radical (unpaired) electrons. The Morgan fingerprint density at radius 2 is 2.50 bits per heavy atom. The van der Waals surface area contributed by atoms with Crippen molar-refractivity contribution < 1.29 is 4.79 Å². The van der Waals surface area contributed by atoms with Crippen molar-refractivity contribution in [1.82, 2.24) is 15.6 Å². The molecule has 1 fully saturated rings. The zero-order valence-corrected chi connectivity index (χ0v) is 9.49. The maximum Gasteiger partial charge on any atom is 0.253 e. The van der Waals surface area contributed by atoms with Crippen LogP contribution in [0, 0.1) is 6.92 Å². The van der Waals surface area contributed by atoms with Crippen LogP contribution >= 0.6 is 0 Å². The number of amides is 1. The lowest BCUT2D eigenvalue weighted by atomic mass is 10.1. The molecule has 2 N–H and O–H groups in total. The summed E-state index contributed by atoms with van der Waals surface area (Å²) < 4.78 is 0. The molecular formula is C12H17N3O. The van der Waals surface area contributed by atoms with Gasteiger partial charge in [0, 0.05) is 24.5 Å². The van der Waals surface area contributed by atoms with Crippen LogP contribution in [0.25, 0.3) is 0 Å². The van der Waals surface area contributed by atoms with E-state index in [1.807, 2.05) is 13.0 Å². The van der Waals surface area contributed by atoms with Gasteiger partial charge in [-0.05, 0) is 38.4 Å². The van der Waals surface area contributed by atoms with Gasteiger partial charge in [0.1, 0.15) is 0 Å². The predicted molar refractivity (Wildman–Crippen MR) is 62.3 cm³/mol. The van der Waals surface area contributed by atoms with Crippen molar-refractivity contribution in [2.75, 3.05) is 13.1 Å². The van der Waals surface area contributed by atoms with Gasteiger partial charge in [-0.15, -0.1) is 0 Å². The molecule has 1 aromatic heterocycles. The minimum atomic E-state index is -0.0145. The van der Waals surface area contributed by atoms with Gasteiger partial charge in [0.2, 0.25) is 0 Å². The van der Waals surface area contributed by atoms with Crippen molar-refractivity contribution in [3.8, 4) is 0 Å². The summed E-state index contributed by atoms with van der Waals surface area (Å²) in [4.78, 5) is 16.1. The van der Waals surface area contributed by atoms with Gasteiger partial charge < -0.3 is 10.6 Å². The zero-order valence-electron chi connectivity index (χ0n) is 9.49. The number of rotatable bonds is 2. The predicted octanol–water partition coefficient (Wildman–Crippen LogP) is 0.872. The number of nitrogens with one attached hydrogen (secondary N) is 2. The number of nitrogens with zero attached hydrogens (tertiary/aromatic N) is 1. The van der Waals surface area contributed by atoms with Crippen molar-refractivity contribution in [3.63, 3.8) is 0 Å². The van der Waals surface area contributed by atoms with Gasteiger partial charge in [-0.25, -0.2) is 0 Å². The maximum atomic E-state index is 12.0. The number of hydrogen-bond acceptors (Lipinski definition) is 3. The number of aromatic nitrogens is 1. The summed E-state index contributed by atoms with van der Waals surface area (Å²) in [6, 6.07) is 3.86. The van der Waals surface area contributed by atoms with Crippen LogP contribution in [0.15, 0.2) is 18.3 Å². The smallest absolute Gasteiger partial charge is 0.253 e. The number of piperidine rings is 1. The van der Waals surface area contributed by atoms with Crippen molar-refractivity contribution in [1.29, 1.82) is 0 Å². The molecule has 0 spiro atoms. The van der Waals surface area contributed by atoms with Crippen LogP contribution in [0.2, 0.25) is 0 Å². The topological polar surface area (TPSA) is 54.0 Å². The highest BCUT2D eigenvalue weighted by molar-refractivity contribution is 5.95. The van der Waals surface area contributed by atoms with E-state index in [0.717, 1.165) is 31.6 Å². The number of aryl methyl sites for hydroxylation is 1. The van der Waals surface area contributed by atoms with E-state index in [0.29, 0.717) is 5.56 Å². The molecule has 0 bridgehead atoms. The standard InChI is InChI=1S/C12H17N3O/c1-9-11(5-3-7-14-9)12(16)15-10-4-2-6-13-8-10/h3,5,7,10,13H,2,4,6,8H2,1H3,(H,15,16). The minimum absolute atomic E-state index is 0.0145. The second-order valence-corrected chi connectivity index (χ2v) is 4.15. The molecule has 16 heavy (non-hydrogen) atoms. The fourth-order valence-electron chi connectivity index (χ4n) is 1.96. The molecule has 1 aromatic rings. The molecule has 86 valence electrons. The van der Waals surface area contributed by atoms with Gasteiger partial charge in [-0.2, -0.15) is 0 Å². The molecule has 1 saturated heterocycles. The first-order valence-corrected chi connectivity index (χ1v) is 5.70. The molecule has 0 aromatic carbocycles. The first-order chi connectivity index (χ1) is 7.77. The average molecular weight is 219 g/mol. The van der Waals surface area contributed by atoms with Gasteiger partial charge in [0.25, 0.3) is 5.91 Å². The van der Waals surface area contributed by atoms with Crippen LogP contribution in [-0.4, -0.2) is 30.0 Å². The number of pyridine rings is 1. The third-order valence-electron chi connectivity index (χ3n) is 2.88. The summed E-state index contributed by atoms with van der Waals surface area (Å²) in [7, 11) is 0. The van der Waals surface area contributed by atoms with E-state index in [2.05, 4.69) is 15.6 Å². The highest BCUT2D eigenvalue weighted by atomic mass is 16.1. The molecule has 4 nitrogen and oxygen atoms in total. The Labute approximate surface area is 95.5 Å². The highest BCUT2D eigenvalue weighted by Crippen LogP contribution is 2.06. The zero-order chi connectivity index (χ0) is 11.4. The fraction of sp³-hybridized carbons (Fsp3) is 0.500. The van der Waals surface area contributed by atoms with Crippen LogP contribution in [0.4, 0.5) is 0 Å². The molecule has 1 unspecified atom stereocenters. The Bertz CT molecular complexity index is 372. The van der Waals surface area contributed by atoms with Gasteiger partial charge in [-0.1, -0.05) is 0 Å². The Morgan fingerprint density at radius 3 is 3.19 bits per heavy atom. The lowest BCUT2D eigenvalue weighted by Crippen LogP contribution is -2.45. The Morgan fingerprint density at radius 1 is 1.62 bits per heavy atom. The van der Waals surface area contributed by atoms with Crippen LogP contribution < -0.4 is 10.6 Å². The second kappa shape index (κ2) is 5.07. The molecule has 1 aliphatic heterocycles. The fourth-order valence-corrected chi connectivity index (χ4v) is 1.96. The minimum Gasteiger partial charge on any atom is -0.348 e. The Kier molecular flexibility index (Phi) is 3.51. The Balaban J connectivity index is 2.00. The Hall–Kier alpha value is -1.42. The van der Waals surface area contributed by atoms with Crippen molar-refractivity contribution >= 4 is 5.91 Å². The quantitative estimate of drug-likeness (QED) is 0.776. The van der Waals surface area contributed by atoms with E-state index in [4.69, 9.17) is 0 Å². The third-order valence-corrected chi connectivity index (χ3v) is 2.88. The molecule has 1 atom stereocenters. The van der Waals surface area contributed by atoms with Crippen molar-refractivity contribution in [2.24, 2.45) is 0 Å². The van der Waals surface area contributed by atoms with E-state index in [9.17, 15) is 4.79 Å². The molecular weight excluding hydrogens is 202 g/mol. The molecule has 2 rings (SSSR count). The lowest BCUT2D eigenvalue weighted by molar-refractivity contribution is 0.0929. The third kappa shape index (κ3) is 2.58. The summed E-state index contributed by atoms with van der Waals surface area (Å²) in [6.07, 6.45) is 3.88. The summed E-state index contributed by atoms with van der Waals surface area (Å²) in [6.45, 7) is 3.78. The second-order valence-electron chi connectivity index (χ2n) is 4.15. The molecule has 1 amide bonds. The molecule has 2 heterocycles. The van der Waals surface area contributed by atoms with Gasteiger partial charge in [-0.3, -0.25) is 9.78 Å². The van der Waals surface area contributed by atoms with Crippen molar-refractivity contribution in [3.05, 3.63) is 29.6 Å². The monoisotopic (exact) mass is 219 g/mol. The normalized spacial score (nSPS) is 20.4. The van der Waals surface area contributed by atoms with Crippen LogP contribution in [-0.2, 0) is 0 Å². The molecule has 0 saturated carbocycles. The van der Waals surface area contributed by atoms with Gasteiger partial charge >= 0.3 is 0 Å². The SMILES string of the molecule is Cc1ncccc1C(=O)NC1CCCNC1. The van der Waals surface area contributed by atoms with E-state index in [1.165, 1.54) is 0 Å². The lowest BCUT2D eigenvalue weighted by Gasteiger charge is -2.23. The van der Waals surface area contributed by atoms with E-state index < -0.39 is 0 Å². The summed E-state index contributed by atoms with van der Waals surface area (Å²) in [5, 5.41) is 6.31. The average Bonchev–Trinajstić information content (AvgIpc) is 2.31. The largest absolute Gasteiger partial charge is 0.348 e. The van der Waals surface area contributed by atoms with Crippen LogP contribution in [0.1, 0.15) is 28.9 Å². The van der Waals surface area contributed by atoms with E-state index in [-0.39, 0.29) is 11.9 Å². The van der Waals surface area contributed by atoms with E-state index in [1.54, 1.807) is 12.3 Å². The van der Waals surface area contributed by atoms with Gasteiger partial charge in [0.05, 0.1) is 5.56 Å². The first kappa shape index (κ1) is 11.1. The molecule has 0 aliphatic carbocycles. The number of carbonyl (C=O) groups is 1. The maximum absolute atomic E-state index is 12.0. The van der Waals surface area contributed by atoms with Crippen molar-refractivity contribution in [2.45, 2.75) is 25.8 Å². The molecule has 1 aliphatic rings. The van der Waals surface area contributed by atoms with Crippen LogP contribution in [0.5, 0.6) is 0 Å². The van der Waals surface area contributed by atoms with Gasteiger partial charge in [0.15, 0.2) is 0 Å². The summed E-state index contributed by atoms with van der Waals surface area (Å²) in [5.41, 5.74) is 1.46. The van der Waals surface area contributed by atoms with Crippen LogP contribution in [0.3, 0.4) is 0 Å². The van der Waals surface area contributed by atoms with E-state index >= 15 is 0 Å².